The summed E-state index contributed by atoms with van der Waals surface area (Å²) < 4.78 is 5.74. The maximum atomic E-state index is 12.5. The molecule has 0 unspecified atom stereocenters. The Balaban J connectivity index is 1.48. The smallest absolute Gasteiger partial charge is 0.291 e. The number of halogens is 1. The molecule has 2 N–H and O–H groups in total. The van der Waals surface area contributed by atoms with Gasteiger partial charge in [0.25, 0.3) is 11.8 Å². The number of carbonyl (C=O) groups excluding carboxylic acids is 2. The third-order valence-electron chi connectivity index (χ3n) is 4.62. The van der Waals surface area contributed by atoms with Crippen LogP contribution < -0.4 is 15.4 Å². The number of rotatable bonds is 4. The van der Waals surface area contributed by atoms with Crippen molar-refractivity contribution >= 4 is 35.2 Å². The van der Waals surface area contributed by atoms with Crippen molar-refractivity contribution < 1.29 is 14.3 Å². The number of fused-ring (bicyclic) bond motifs is 1. The Kier molecular flexibility index (Phi) is 5.55. The van der Waals surface area contributed by atoms with E-state index in [4.69, 9.17) is 16.3 Å². The summed E-state index contributed by atoms with van der Waals surface area (Å²) in [6, 6.07) is 20.0. The third-order valence-corrected chi connectivity index (χ3v) is 4.85. The number of benzene rings is 3. The molecule has 2 amide bonds. The number of anilines is 1. The van der Waals surface area contributed by atoms with E-state index in [1.807, 2.05) is 37.3 Å². The van der Waals surface area contributed by atoms with Crippen molar-refractivity contribution in [1.82, 2.24) is 5.32 Å². The van der Waals surface area contributed by atoms with Gasteiger partial charge in [-0.1, -0.05) is 53.6 Å². The lowest BCUT2D eigenvalue weighted by molar-refractivity contribution is -0.115. The lowest BCUT2D eigenvalue weighted by Crippen LogP contribution is -2.25. The first kappa shape index (κ1) is 19.7. The predicted molar refractivity (Wildman–Crippen MR) is 117 cm³/mol. The van der Waals surface area contributed by atoms with Crippen LogP contribution in [0.1, 0.15) is 27.0 Å². The maximum Gasteiger partial charge on any atom is 0.291 e. The molecule has 0 saturated carbocycles. The second kappa shape index (κ2) is 8.43. The molecule has 30 heavy (non-hydrogen) atoms. The summed E-state index contributed by atoms with van der Waals surface area (Å²) in [5.74, 6) is 0.00754. The van der Waals surface area contributed by atoms with Crippen molar-refractivity contribution in [3.63, 3.8) is 0 Å². The second-order valence-corrected chi connectivity index (χ2v) is 7.44. The number of amides is 2. The zero-order chi connectivity index (χ0) is 21.1. The van der Waals surface area contributed by atoms with Crippen molar-refractivity contribution in [3.8, 4) is 5.75 Å². The van der Waals surface area contributed by atoms with Crippen LogP contribution in [0.4, 0.5) is 5.69 Å². The fraction of sp³-hybridized carbons (Fsp3) is 0.0833. The van der Waals surface area contributed by atoms with Crippen LogP contribution in [-0.2, 0) is 11.3 Å². The Morgan fingerprint density at radius 1 is 1.10 bits per heavy atom. The zero-order valence-corrected chi connectivity index (χ0v) is 17.0. The average Bonchev–Trinajstić information content (AvgIpc) is 2.72. The van der Waals surface area contributed by atoms with Crippen LogP contribution in [0, 0.1) is 6.92 Å². The average molecular weight is 419 g/mol. The third kappa shape index (κ3) is 4.53. The van der Waals surface area contributed by atoms with E-state index in [9.17, 15) is 9.59 Å². The summed E-state index contributed by atoms with van der Waals surface area (Å²) >= 11 is 5.99. The fourth-order valence-corrected chi connectivity index (χ4v) is 3.35. The normalized spacial score (nSPS) is 13.9. The van der Waals surface area contributed by atoms with Crippen LogP contribution in [0.25, 0.3) is 6.08 Å². The maximum absolute atomic E-state index is 12.5. The fourth-order valence-electron chi connectivity index (χ4n) is 3.16. The van der Waals surface area contributed by atoms with E-state index in [2.05, 4.69) is 10.6 Å². The van der Waals surface area contributed by atoms with Gasteiger partial charge in [-0.2, -0.15) is 0 Å². The van der Waals surface area contributed by atoms with E-state index in [1.54, 1.807) is 42.5 Å². The molecule has 0 spiro atoms. The number of nitrogens with one attached hydrogen (secondary N) is 2. The van der Waals surface area contributed by atoms with Crippen LogP contribution in [0.5, 0.6) is 5.75 Å². The van der Waals surface area contributed by atoms with Gasteiger partial charge in [0.05, 0.1) is 5.69 Å². The summed E-state index contributed by atoms with van der Waals surface area (Å²) in [5.41, 5.74) is 3.80. The van der Waals surface area contributed by atoms with E-state index in [0.29, 0.717) is 28.6 Å². The molecule has 1 heterocycles. The van der Waals surface area contributed by atoms with Gasteiger partial charge in [-0.3, -0.25) is 9.59 Å². The van der Waals surface area contributed by atoms with Crippen LogP contribution in [0.15, 0.2) is 72.5 Å². The molecule has 0 saturated heterocycles. The molecule has 4 rings (SSSR count). The van der Waals surface area contributed by atoms with Gasteiger partial charge in [0.1, 0.15) is 0 Å². The van der Waals surface area contributed by atoms with Gasteiger partial charge in [-0.15, -0.1) is 0 Å². The van der Waals surface area contributed by atoms with E-state index < -0.39 is 0 Å². The minimum atomic E-state index is -0.389. The first-order valence-corrected chi connectivity index (χ1v) is 9.80. The van der Waals surface area contributed by atoms with E-state index in [0.717, 1.165) is 16.7 Å². The molecule has 3 aromatic rings. The monoisotopic (exact) mass is 418 g/mol. The molecule has 6 heteroatoms. The first-order chi connectivity index (χ1) is 14.5. The SMILES string of the molecule is Cc1cccc(CNC(=O)c2ccc3c(c2)NC(=O)C(=Cc2cccc(Cl)c2)O3)c1. The molecule has 1 aliphatic heterocycles. The highest BCUT2D eigenvalue weighted by atomic mass is 35.5. The lowest BCUT2D eigenvalue weighted by Gasteiger charge is -2.20. The molecular weight excluding hydrogens is 400 g/mol. The van der Waals surface area contributed by atoms with Crippen LogP contribution in [0.3, 0.4) is 0 Å². The molecule has 0 radical (unpaired) electrons. The van der Waals surface area contributed by atoms with Gasteiger partial charge in [0.15, 0.2) is 11.5 Å². The highest BCUT2D eigenvalue weighted by Crippen LogP contribution is 2.32. The molecule has 3 aromatic carbocycles. The van der Waals surface area contributed by atoms with Gasteiger partial charge in [-0.05, 0) is 54.5 Å². The van der Waals surface area contributed by atoms with Crippen molar-refractivity contribution in [2.45, 2.75) is 13.5 Å². The largest absolute Gasteiger partial charge is 0.449 e. The van der Waals surface area contributed by atoms with Crippen LogP contribution in [-0.4, -0.2) is 11.8 Å². The molecule has 0 atom stereocenters. The molecule has 0 aliphatic carbocycles. The second-order valence-electron chi connectivity index (χ2n) is 7.00. The van der Waals surface area contributed by atoms with Gasteiger partial charge < -0.3 is 15.4 Å². The topological polar surface area (TPSA) is 67.4 Å². The predicted octanol–water partition coefficient (Wildman–Crippen LogP) is 4.95. The summed E-state index contributed by atoms with van der Waals surface area (Å²) in [6.07, 6.45) is 1.62. The highest BCUT2D eigenvalue weighted by Gasteiger charge is 2.23. The van der Waals surface area contributed by atoms with Gasteiger partial charge in [-0.25, -0.2) is 0 Å². The van der Waals surface area contributed by atoms with Crippen molar-refractivity contribution in [1.29, 1.82) is 0 Å². The molecule has 1 aliphatic rings. The number of ether oxygens (including phenoxy) is 1. The Labute approximate surface area is 179 Å². The standard InChI is InChI=1S/C24H19ClN2O3/c1-15-4-2-6-17(10-15)14-26-23(28)18-8-9-21-20(13-18)27-24(29)22(30-21)12-16-5-3-7-19(25)11-16/h2-13H,14H2,1H3,(H,26,28)(H,27,29). The Morgan fingerprint density at radius 2 is 1.93 bits per heavy atom. The van der Waals surface area contributed by atoms with E-state index in [-0.39, 0.29) is 17.6 Å². The summed E-state index contributed by atoms with van der Waals surface area (Å²) in [7, 11) is 0. The van der Waals surface area contributed by atoms with Gasteiger partial charge in [0.2, 0.25) is 0 Å². The van der Waals surface area contributed by atoms with E-state index >= 15 is 0 Å². The van der Waals surface area contributed by atoms with Crippen molar-refractivity contribution in [2.75, 3.05) is 5.32 Å². The van der Waals surface area contributed by atoms with Crippen LogP contribution in [0.2, 0.25) is 5.02 Å². The summed E-state index contributed by atoms with van der Waals surface area (Å²) in [5, 5.41) is 6.24. The highest BCUT2D eigenvalue weighted by molar-refractivity contribution is 6.30. The number of carbonyl (C=O) groups is 2. The molecular formula is C24H19ClN2O3. The Hall–Kier alpha value is -3.57. The lowest BCUT2D eigenvalue weighted by atomic mass is 10.1. The van der Waals surface area contributed by atoms with E-state index in [1.165, 1.54) is 0 Å². The first-order valence-electron chi connectivity index (χ1n) is 9.42. The Morgan fingerprint density at radius 3 is 2.73 bits per heavy atom. The van der Waals surface area contributed by atoms with Crippen molar-refractivity contribution in [2.24, 2.45) is 0 Å². The number of aryl methyl sites for hydroxylation is 1. The molecule has 0 aromatic heterocycles. The molecule has 5 nitrogen and oxygen atoms in total. The number of hydrogen-bond donors (Lipinski definition) is 2. The van der Waals surface area contributed by atoms with Gasteiger partial charge >= 0.3 is 0 Å². The van der Waals surface area contributed by atoms with Crippen molar-refractivity contribution in [3.05, 3.63) is 99.8 Å². The number of hydrogen-bond acceptors (Lipinski definition) is 3. The molecule has 0 fully saturated rings. The minimum absolute atomic E-state index is 0.154. The summed E-state index contributed by atoms with van der Waals surface area (Å²) in [4.78, 5) is 25.0. The molecule has 150 valence electrons. The van der Waals surface area contributed by atoms with Gasteiger partial charge in [0, 0.05) is 17.1 Å². The minimum Gasteiger partial charge on any atom is -0.449 e. The Bertz CT molecular complexity index is 1170. The zero-order valence-electron chi connectivity index (χ0n) is 16.2. The van der Waals surface area contributed by atoms with Crippen LogP contribution >= 0.6 is 11.6 Å². The molecule has 0 bridgehead atoms. The summed E-state index contributed by atoms with van der Waals surface area (Å²) in [6.45, 7) is 2.43. The quantitative estimate of drug-likeness (QED) is 0.589.